The van der Waals surface area contributed by atoms with Crippen LogP contribution in [0.4, 0.5) is 5.69 Å². The Morgan fingerprint density at radius 2 is 1.70 bits per heavy atom. The fourth-order valence-electron chi connectivity index (χ4n) is 4.22. The van der Waals surface area contributed by atoms with Crippen LogP contribution in [-0.2, 0) is 0 Å². The van der Waals surface area contributed by atoms with Gasteiger partial charge in [-0.05, 0) is 49.9 Å². The van der Waals surface area contributed by atoms with E-state index in [1.165, 1.54) is 16.4 Å². The Morgan fingerprint density at radius 1 is 1.00 bits per heavy atom. The van der Waals surface area contributed by atoms with Gasteiger partial charge in [0.25, 0.3) is 5.56 Å². The van der Waals surface area contributed by atoms with Gasteiger partial charge in [0, 0.05) is 49.1 Å². The average Bonchev–Trinajstić information content (AvgIpc) is 3.21. The number of benzene rings is 2. The highest BCUT2D eigenvalue weighted by atomic mass is 16.1. The Kier molecular flexibility index (Phi) is 5.18. The smallest absolute Gasteiger partial charge is 0.273 e. The van der Waals surface area contributed by atoms with Crippen molar-refractivity contribution in [3.63, 3.8) is 0 Å². The minimum absolute atomic E-state index is 0.297. The van der Waals surface area contributed by atoms with Gasteiger partial charge in [-0.1, -0.05) is 12.1 Å². The molecule has 3 N–H and O–H groups in total. The summed E-state index contributed by atoms with van der Waals surface area (Å²) in [6, 6.07) is 14.8. The van der Waals surface area contributed by atoms with Crippen molar-refractivity contribution in [2.45, 2.75) is 6.92 Å². The number of nitrogens with one attached hydrogen (secondary N) is 1. The molecule has 0 radical (unpaired) electrons. The maximum Gasteiger partial charge on any atom is 0.273 e. The minimum atomic E-state index is -0.507. The molecular weight excluding hydrogens is 418 g/mol. The number of carbonyl (C=O) groups excluding carboxylic acids is 1. The molecule has 0 unspecified atom stereocenters. The molecule has 0 atom stereocenters. The molecule has 0 spiro atoms. The number of nitrogens with two attached hydrogens (primary N) is 1. The highest BCUT2D eigenvalue weighted by Gasteiger charge is 2.17. The number of nitrogens with zero attached hydrogens (tertiary/aromatic N) is 5. The van der Waals surface area contributed by atoms with E-state index in [0.29, 0.717) is 33.5 Å². The molecule has 168 valence electrons. The molecule has 2 aromatic carbocycles. The maximum absolute atomic E-state index is 12.7. The zero-order valence-corrected chi connectivity index (χ0v) is 18.6. The van der Waals surface area contributed by atoms with Crippen molar-refractivity contribution in [1.29, 1.82) is 0 Å². The first-order valence-electron chi connectivity index (χ1n) is 10.8. The van der Waals surface area contributed by atoms with Crippen LogP contribution < -0.4 is 16.2 Å². The number of fused-ring (bicyclic) bond motifs is 1. The number of likely N-dealkylation sites (N-methyl/N-ethyl adjacent to an activating group) is 1. The summed E-state index contributed by atoms with van der Waals surface area (Å²) in [6.07, 6.45) is 0. The molecule has 5 rings (SSSR count). The third-order valence-electron chi connectivity index (χ3n) is 6.17. The number of carbonyl (C=O) groups is 1. The number of amides is 1. The third-order valence-corrected chi connectivity index (χ3v) is 6.17. The monoisotopic (exact) mass is 443 g/mol. The normalized spacial score (nSPS) is 14.7. The lowest BCUT2D eigenvalue weighted by Crippen LogP contribution is -2.44. The number of aryl methyl sites for hydroxylation is 1. The molecule has 0 saturated carbocycles. The largest absolute Gasteiger partial charge is 0.369 e. The fourth-order valence-corrected chi connectivity index (χ4v) is 4.22. The molecular formula is C24H25N7O2. The zero-order valence-electron chi connectivity index (χ0n) is 18.6. The third kappa shape index (κ3) is 3.87. The van der Waals surface area contributed by atoms with Crippen LogP contribution in [0, 0.1) is 6.92 Å². The van der Waals surface area contributed by atoms with Crippen LogP contribution in [0.25, 0.3) is 28.0 Å². The predicted molar refractivity (Wildman–Crippen MR) is 128 cm³/mol. The van der Waals surface area contributed by atoms with Gasteiger partial charge < -0.3 is 15.5 Å². The van der Waals surface area contributed by atoms with Crippen LogP contribution in [0.3, 0.4) is 0 Å². The SMILES string of the molecule is Cc1cc(-n2nc3c(-c4ccc(N5CCN(C)CC5)cc4)n[nH]c3cc2=O)ccc1C(N)=O. The van der Waals surface area contributed by atoms with Crippen molar-refractivity contribution in [2.75, 3.05) is 38.1 Å². The highest BCUT2D eigenvalue weighted by Crippen LogP contribution is 2.27. The highest BCUT2D eigenvalue weighted by molar-refractivity contribution is 5.94. The number of aromatic nitrogens is 4. The summed E-state index contributed by atoms with van der Waals surface area (Å²) < 4.78 is 1.32. The summed E-state index contributed by atoms with van der Waals surface area (Å²) in [7, 11) is 2.14. The quantitative estimate of drug-likeness (QED) is 0.498. The predicted octanol–water partition coefficient (Wildman–Crippen LogP) is 1.93. The van der Waals surface area contributed by atoms with E-state index < -0.39 is 5.91 Å². The molecule has 0 aliphatic carbocycles. The summed E-state index contributed by atoms with van der Waals surface area (Å²) in [5, 5.41) is 11.9. The Balaban J connectivity index is 1.51. The van der Waals surface area contributed by atoms with Gasteiger partial charge in [-0.15, -0.1) is 0 Å². The van der Waals surface area contributed by atoms with Gasteiger partial charge in [-0.2, -0.15) is 14.9 Å². The van der Waals surface area contributed by atoms with Crippen LogP contribution in [0.2, 0.25) is 0 Å². The van der Waals surface area contributed by atoms with Crippen LogP contribution in [-0.4, -0.2) is 64.0 Å². The summed E-state index contributed by atoms with van der Waals surface area (Å²) >= 11 is 0. The Labute approximate surface area is 190 Å². The van der Waals surface area contributed by atoms with E-state index in [9.17, 15) is 9.59 Å². The Bertz CT molecular complexity index is 1400. The van der Waals surface area contributed by atoms with Gasteiger partial charge >= 0.3 is 0 Å². The first-order valence-corrected chi connectivity index (χ1v) is 10.8. The van der Waals surface area contributed by atoms with Crippen molar-refractivity contribution in [1.82, 2.24) is 24.9 Å². The van der Waals surface area contributed by atoms with Crippen molar-refractivity contribution in [3.8, 4) is 16.9 Å². The Morgan fingerprint density at radius 3 is 2.36 bits per heavy atom. The van der Waals surface area contributed by atoms with Gasteiger partial charge in [-0.25, -0.2) is 0 Å². The summed E-state index contributed by atoms with van der Waals surface area (Å²) in [5.41, 5.74) is 10.7. The molecule has 1 amide bonds. The summed E-state index contributed by atoms with van der Waals surface area (Å²) in [6.45, 7) is 5.88. The molecule has 33 heavy (non-hydrogen) atoms. The van der Waals surface area contributed by atoms with Crippen molar-refractivity contribution < 1.29 is 4.79 Å². The van der Waals surface area contributed by atoms with Crippen LogP contribution in [0.15, 0.2) is 53.3 Å². The number of piperazine rings is 1. The van der Waals surface area contributed by atoms with Gasteiger partial charge in [0.1, 0.15) is 11.2 Å². The lowest BCUT2D eigenvalue weighted by atomic mass is 10.1. The van der Waals surface area contributed by atoms with E-state index in [0.717, 1.165) is 31.7 Å². The lowest BCUT2D eigenvalue weighted by molar-refractivity contribution is 0.0999. The zero-order chi connectivity index (χ0) is 23.1. The molecule has 0 bridgehead atoms. The number of H-pyrrole nitrogens is 1. The lowest BCUT2D eigenvalue weighted by Gasteiger charge is -2.34. The van der Waals surface area contributed by atoms with Crippen molar-refractivity contribution >= 4 is 22.6 Å². The number of rotatable bonds is 4. The summed E-state index contributed by atoms with van der Waals surface area (Å²) in [5.74, 6) is -0.507. The van der Waals surface area contributed by atoms with E-state index in [4.69, 9.17) is 5.73 Å². The molecule has 3 heterocycles. The first kappa shape index (κ1) is 20.9. The van der Waals surface area contributed by atoms with Gasteiger partial charge in [-0.3, -0.25) is 14.7 Å². The minimum Gasteiger partial charge on any atom is -0.369 e. The van der Waals surface area contributed by atoms with Gasteiger partial charge in [0.05, 0.1) is 11.2 Å². The number of hydrogen-bond donors (Lipinski definition) is 2. The van der Waals surface area contributed by atoms with Gasteiger partial charge in [0.2, 0.25) is 5.91 Å². The Hall–Kier alpha value is -3.98. The molecule has 1 saturated heterocycles. The van der Waals surface area contributed by atoms with Crippen LogP contribution in [0.5, 0.6) is 0 Å². The molecule has 4 aromatic rings. The topological polar surface area (TPSA) is 113 Å². The number of primary amides is 1. The standard InChI is InChI=1S/C24H25N7O2/c1-15-13-18(7-8-19(15)24(25)33)31-21(32)14-20-23(28-31)22(27-26-20)16-3-5-17(6-4-16)30-11-9-29(2)10-12-30/h3-8,13-14,26H,9-12H2,1-2H3,(H2,25,33). The number of aromatic amines is 1. The second kappa shape index (κ2) is 8.18. The van der Waals surface area contributed by atoms with Gasteiger partial charge in [0.15, 0.2) is 0 Å². The molecule has 1 aliphatic heterocycles. The average molecular weight is 444 g/mol. The number of hydrogen-bond acceptors (Lipinski definition) is 6. The van der Waals surface area contributed by atoms with Crippen molar-refractivity contribution in [3.05, 3.63) is 70.0 Å². The van der Waals surface area contributed by atoms with Crippen LogP contribution in [0.1, 0.15) is 15.9 Å². The van der Waals surface area contributed by atoms with E-state index in [-0.39, 0.29) is 5.56 Å². The van der Waals surface area contributed by atoms with Crippen LogP contribution >= 0.6 is 0 Å². The second-order valence-corrected chi connectivity index (χ2v) is 8.43. The van der Waals surface area contributed by atoms with Crippen molar-refractivity contribution in [2.24, 2.45) is 5.73 Å². The van der Waals surface area contributed by atoms with E-state index in [1.807, 2.05) is 12.1 Å². The molecule has 9 heteroatoms. The molecule has 1 aliphatic rings. The molecule has 2 aromatic heterocycles. The fraction of sp³-hybridized carbons (Fsp3) is 0.250. The molecule has 9 nitrogen and oxygen atoms in total. The van der Waals surface area contributed by atoms with E-state index >= 15 is 0 Å². The first-order chi connectivity index (χ1) is 15.9. The van der Waals surface area contributed by atoms with E-state index in [2.05, 4.69) is 44.3 Å². The molecule has 1 fully saturated rings. The number of anilines is 1. The van der Waals surface area contributed by atoms with E-state index in [1.54, 1.807) is 25.1 Å². The summed E-state index contributed by atoms with van der Waals surface area (Å²) in [4.78, 5) is 28.9. The maximum atomic E-state index is 12.7. The second-order valence-electron chi connectivity index (χ2n) is 8.43.